The highest BCUT2D eigenvalue weighted by atomic mass is 32.1. The number of thiophene rings is 1. The molecule has 4 nitrogen and oxygen atoms in total. The van der Waals surface area contributed by atoms with Crippen molar-refractivity contribution in [3.63, 3.8) is 0 Å². The Morgan fingerprint density at radius 2 is 2.17 bits per heavy atom. The van der Waals surface area contributed by atoms with E-state index in [-0.39, 0.29) is 17.7 Å². The van der Waals surface area contributed by atoms with E-state index in [1.165, 1.54) is 4.88 Å². The van der Waals surface area contributed by atoms with Crippen LogP contribution in [0, 0.1) is 5.92 Å². The Labute approximate surface area is 138 Å². The largest absolute Gasteiger partial charge is 0.325 e. The molecule has 1 amide bonds. The van der Waals surface area contributed by atoms with E-state index in [9.17, 15) is 4.79 Å². The number of rotatable bonds is 3. The molecule has 0 bridgehead atoms. The summed E-state index contributed by atoms with van der Waals surface area (Å²) in [6.45, 7) is 1.58. The average molecular weight is 323 g/mol. The number of hydrogen-bond acceptors (Lipinski definition) is 4. The number of nitrogens with one attached hydrogen (secondary N) is 2. The molecule has 0 radical (unpaired) electrons. The quantitative estimate of drug-likeness (QED) is 0.778. The highest BCUT2D eigenvalue weighted by Crippen LogP contribution is 2.32. The fourth-order valence-corrected chi connectivity index (χ4v) is 4.11. The summed E-state index contributed by atoms with van der Waals surface area (Å²) in [5.41, 5.74) is 0.853. The minimum atomic E-state index is -0.0363. The number of carbonyl (C=O) groups excluding carboxylic acids is 1. The first-order chi connectivity index (χ1) is 11.3. The van der Waals surface area contributed by atoms with Crippen molar-refractivity contribution in [2.45, 2.75) is 5.92 Å². The van der Waals surface area contributed by atoms with E-state index in [0.717, 1.165) is 29.5 Å². The number of carbonyl (C=O) groups is 1. The van der Waals surface area contributed by atoms with Gasteiger partial charge in [0.2, 0.25) is 5.91 Å². The molecule has 5 heteroatoms. The van der Waals surface area contributed by atoms with Crippen LogP contribution in [0.2, 0.25) is 0 Å². The maximum atomic E-state index is 12.8. The summed E-state index contributed by atoms with van der Waals surface area (Å²) in [5.74, 6) is 0.301. The van der Waals surface area contributed by atoms with E-state index < -0.39 is 0 Å². The summed E-state index contributed by atoms with van der Waals surface area (Å²) in [6.07, 6.45) is 3.57. The molecule has 1 fully saturated rings. The summed E-state index contributed by atoms with van der Waals surface area (Å²) in [6, 6.07) is 12.0. The van der Waals surface area contributed by atoms with Crippen LogP contribution in [0.5, 0.6) is 0 Å². The highest BCUT2D eigenvalue weighted by Gasteiger charge is 2.34. The van der Waals surface area contributed by atoms with E-state index >= 15 is 0 Å². The van der Waals surface area contributed by atoms with Crippen molar-refractivity contribution in [2.24, 2.45) is 5.92 Å². The summed E-state index contributed by atoms with van der Waals surface area (Å²) in [7, 11) is 0. The van der Waals surface area contributed by atoms with Crippen molar-refractivity contribution in [3.8, 4) is 0 Å². The molecule has 1 saturated heterocycles. The van der Waals surface area contributed by atoms with Gasteiger partial charge in [-0.2, -0.15) is 0 Å². The van der Waals surface area contributed by atoms with E-state index in [1.54, 1.807) is 17.5 Å². The normalized spacial score (nSPS) is 20.7. The Kier molecular flexibility index (Phi) is 3.81. The van der Waals surface area contributed by atoms with E-state index in [2.05, 4.69) is 27.1 Å². The molecule has 0 saturated carbocycles. The number of aromatic nitrogens is 1. The first-order valence-corrected chi connectivity index (χ1v) is 8.58. The van der Waals surface area contributed by atoms with Gasteiger partial charge < -0.3 is 10.6 Å². The van der Waals surface area contributed by atoms with Gasteiger partial charge in [-0.25, -0.2) is 0 Å². The number of pyridine rings is 1. The Morgan fingerprint density at radius 1 is 1.22 bits per heavy atom. The minimum Gasteiger partial charge on any atom is -0.325 e. The van der Waals surface area contributed by atoms with Crippen LogP contribution in [0.4, 0.5) is 5.69 Å². The Bertz CT molecular complexity index is 826. The molecule has 23 heavy (non-hydrogen) atoms. The maximum Gasteiger partial charge on any atom is 0.229 e. The van der Waals surface area contributed by atoms with Gasteiger partial charge >= 0.3 is 0 Å². The Balaban J connectivity index is 1.59. The lowest BCUT2D eigenvalue weighted by molar-refractivity contribution is -0.119. The first kappa shape index (κ1) is 14.4. The SMILES string of the molecule is O=C(Nc1cccc2cnccc12)C1CNCC1c1cccs1. The number of anilines is 1. The summed E-state index contributed by atoms with van der Waals surface area (Å²) >= 11 is 1.72. The fourth-order valence-electron chi connectivity index (χ4n) is 3.21. The molecule has 0 aliphatic carbocycles. The third-order valence-corrected chi connectivity index (χ3v) is 5.40. The third kappa shape index (κ3) is 2.73. The fraction of sp³-hybridized carbons (Fsp3) is 0.222. The molecule has 2 N–H and O–H groups in total. The lowest BCUT2D eigenvalue weighted by Gasteiger charge is -2.17. The van der Waals surface area contributed by atoms with Gasteiger partial charge in [-0.1, -0.05) is 18.2 Å². The second-order valence-corrected chi connectivity index (χ2v) is 6.76. The number of fused-ring (bicyclic) bond motifs is 1. The zero-order valence-corrected chi connectivity index (χ0v) is 13.3. The Hall–Kier alpha value is -2.24. The van der Waals surface area contributed by atoms with Gasteiger partial charge in [0.1, 0.15) is 0 Å². The second kappa shape index (κ2) is 6.10. The lowest BCUT2D eigenvalue weighted by atomic mass is 9.93. The van der Waals surface area contributed by atoms with Crippen LogP contribution in [0.25, 0.3) is 10.8 Å². The van der Waals surface area contributed by atoms with Crippen LogP contribution in [0.15, 0.2) is 54.2 Å². The highest BCUT2D eigenvalue weighted by molar-refractivity contribution is 7.10. The van der Waals surface area contributed by atoms with Gasteiger partial charge in [0.25, 0.3) is 0 Å². The van der Waals surface area contributed by atoms with Crippen LogP contribution in [-0.4, -0.2) is 24.0 Å². The number of nitrogens with zero attached hydrogens (tertiary/aromatic N) is 1. The first-order valence-electron chi connectivity index (χ1n) is 7.70. The molecular formula is C18H17N3OS. The molecule has 2 unspecified atom stereocenters. The zero-order chi connectivity index (χ0) is 15.6. The smallest absolute Gasteiger partial charge is 0.229 e. The maximum absolute atomic E-state index is 12.8. The van der Waals surface area contributed by atoms with E-state index in [4.69, 9.17) is 0 Å². The molecule has 2 aromatic heterocycles. The molecule has 1 aromatic carbocycles. The minimum absolute atomic E-state index is 0.0363. The summed E-state index contributed by atoms with van der Waals surface area (Å²) in [4.78, 5) is 18.2. The molecular weight excluding hydrogens is 306 g/mol. The lowest BCUT2D eigenvalue weighted by Crippen LogP contribution is -2.27. The molecule has 4 rings (SSSR count). The van der Waals surface area contributed by atoms with Crippen molar-refractivity contribution >= 4 is 33.7 Å². The summed E-state index contributed by atoms with van der Waals surface area (Å²) < 4.78 is 0. The molecule has 3 heterocycles. The van der Waals surface area contributed by atoms with Crippen molar-refractivity contribution in [3.05, 3.63) is 59.0 Å². The molecule has 1 aliphatic heterocycles. The van der Waals surface area contributed by atoms with Crippen molar-refractivity contribution < 1.29 is 4.79 Å². The van der Waals surface area contributed by atoms with Crippen LogP contribution >= 0.6 is 11.3 Å². The van der Waals surface area contributed by atoms with Crippen LogP contribution in [0.3, 0.4) is 0 Å². The molecule has 116 valence electrons. The average Bonchev–Trinajstić information content (AvgIpc) is 3.26. The van der Waals surface area contributed by atoms with Gasteiger partial charge in [0, 0.05) is 52.7 Å². The predicted octanol–water partition coefficient (Wildman–Crippen LogP) is 3.24. The van der Waals surface area contributed by atoms with Gasteiger partial charge in [0.05, 0.1) is 5.92 Å². The molecule has 0 spiro atoms. The van der Waals surface area contributed by atoms with Crippen LogP contribution in [0.1, 0.15) is 10.8 Å². The standard InChI is InChI=1S/C18H17N3OS/c22-18(15-11-20-10-14(15)17-5-2-8-23-17)21-16-4-1-3-12-9-19-7-6-13(12)16/h1-9,14-15,20H,10-11H2,(H,21,22). The molecule has 3 aromatic rings. The van der Waals surface area contributed by atoms with Gasteiger partial charge in [0.15, 0.2) is 0 Å². The third-order valence-electron chi connectivity index (χ3n) is 4.40. The monoisotopic (exact) mass is 323 g/mol. The van der Waals surface area contributed by atoms with Crippen molar-refractivity contribution in [2.75, 3.05) is 18.4 Å². The summed E-state index contributed by atoms with van der Waals surface area (Å²) in [5, 5.41) is 10.6. The van der Waals surface area contributed by atoms with Crippen molar-refractivity contribution in [1.29, 1.82) is 0 Å². The van der Waals surface area contributed by atoms with Crippen LogP contribution in [-0.2, 0) is 4.79 Å². The molecule has 2 atom stereocenters. The molecule has 1 aliphatic rings. The number of benzene rings is 1. The second-order valence-electron chi connectivity index (χ2n) is 5.78. The van der Waals surface area contributed by atoms with Crippen molar-refractivity contribution in [1.82, 2.24) is 10.3 Å². The zero-order valence-electron chi connectivity index (χ0n) is 12.5. The van der Waals surface area contributed by atoms with Gasteiger partial charge in [-0.05, 0) is 23.6 Å². The van der Waals surface area contributed by atoms with E-state index in [1.807, 2.05) is 36.5 Å². The van der Waals surface area contributed by atoms with Crippen LogP contribution < -0.4 is 10.6 Å². The topological polar surface area (TPSA) is 54.0 Å². The van der Waals surface area contributed by atoms with E-state index in [0.29, 0.717) is 0 Å². The number of hydrogen-bond donors (Lipinski definition) is 2. The Morgan fingerprint density at radius 3 is 3.04 bits per heavy atom. The van der Waals surface area contributed by atoms with Gasteiger partial charge in [-0.3, -0.25) is 9.78 Å². The van der Waals surface area contributed by atoms with Gasteiger partial charge in [-0.15, -0.1) is 11.3 Å². The number of amides is 1. The predicted molar refractivity (Wildman–Crippen MR) is 93.8 cm³/mol.